The fourth-order valence-electron chi connectivity index (χ4n) is 4.12. The van der Waals surface area contributed by atoms with Crippen LogP contribution in [0, 0.1) is 0 Å². The molecule has 0 fully saturated rings. The lowest BCUT2D eigenvalue weighted by molar-refractivity contribution is -0.130. The highest BCUT2D eigenvalue weighted by atomic mass is 16.4. The summed E-state index contributed by atoms with van der Waals surface area (Å²) < 4.78 is 2.24. The molecule has 0 atom stereocenters. The van der Waals surface area contributed by atoms with E-state index >= 15 is 0 Å². The first-order valence-electron chi connectivity index (χ1n) is 11.1. The summed E-state index contributed by atoms with van der Waals surface area (Å²) in [6.07, 6.45) is 8.36. The maximum Gasteiger partial charge on any atom is 0.335 e. The zero-order chi connectivity index (χ0) is 23.5. The Hall–Kier alpha value is -4.63. The molecule has 0 bridgehead atoms. The quantitative estimate of drug-likeness (QED) is 0.217. The van der Waals surface area contributed by atoms with E-state index in [2.05, 4.69) is 84.1 Å². The van der Waals surface area contributed by atoms with Gasteiger partial charge in [-0.1, -0.05) is 97.6 Å². The number of fused-ring (bicyclic) bond motifs is 3. The van der Waals surface area contributed by atoms with Crippen molar-refractivity contribution in [1.82, 2.24) is 4.57 Å². The van der Waals surface area contributed by atoms with Crippen LogP contribution >= 0.6 is 0 Å². The number of benzene rings is 4. The highest BCUT2D eigenvalue weighted by Crippen LogP contribution is 2.31. The van der Waals surface area contributed by atoms with Crippen molar-refractivity contribution >= 4 is 57.8 Å². The number of hydrogen-bond acceptors (Lipinski definition) is 1. The number of carboxylic acids is 1. The molecular weight excluding hydrogens is 418 g/mol. The van der Waals surface area contributed by atoms with Gasteiger partial charge in [0.15, 0.2) is 0 Å². The second-order valence-electron chi connectivity index (χ2n) is 8.13. The molecule has 3 heteroatoms. The summed E-state index contributed by atoms with van der Waals surface area (Å²) in [6, 6.07) is 32.6. The van der Waals surface area contributed by atoms with Crippen LogP contribution < -0.4 is 0 Å². The van der Waals surface area contributed by atoms with Gasteiger partial charge in [-0.25, -0.2) is 4.79 Å². The van der Waals surface area contributed by atoms with Crippen LogP contribution in [0.25, 0.3) is 51.8 Å². The Labute approximate surface area is 198 Å². The van der Waals surface area contributed by atoms with Gasteiger partial charge in [-0.3, -0.25) is 0 Å². The number of carbonyl (C=O) groups is 1. The van der Waals surface area contributed by atoms with Crippen molar-refractivity contribution in [2.45, 2.75) is 0 Å². The Kier molecular flexibility index (Phi) is 5.67. The number of aliphatic carboxylic acids is 1. The minimum absolute atomic E-state index is 0.0960. The van der Waals surface area contributed by atoms with E-state index in [9.17, 15) is 4.79 Å². The molecule has 5 aromatic rings. The first kappa shape index (κ1) is 21.2. The third-order valence-electron chi connectivity index (χ3n) is 5.94. The number of aromatic nitrogens is 1. The van der Waals surface area contributed by atoms with Gasteiger partial charge in [-0.15, -0.1) is 0 Å². The number of hydrogen-bond donors (Lipinski definition) is 1. The predicted molar refractivity (Wildman–Crippen MR) is 143 cm³/mol. The minimum Gasteiger partial charge on any atom is -0.478 e. The molecule has 0 aliphatic carbocycles. The smallest absolute Gasteiger partial charge is 0.335 e. The fourth-order valence-corrected chi connectivity index (χ4v) is 4.12. The highest BCUT2D eigenvalue weighted by molar-refractivity contribution is 6.14. The van der Waals surface area contributed by atoms with Crippen molar-refractivity contribution in [2.24, 2.45) is 0 Å². The molecule has 1 N–H and O–H groups in total. The third kappa shape index (κ3) is 4.19. The molecule has 4 aromatic carbocycles. The lowest BCUT2D eigenvalue weighted by Gasteiger charge is -2.02. The molecule has 0 aliphatic heterocycles. The van der Waals surface area contributed by atoms with E-state index < -0.39 is 5.97 Å². The maximum atomic E-state index is 11.1. The molecule has 34 heavy (non-hydrogen) atoms. The van der Waals surface area contributed by atoms with E-state index in [1.54, 1.807) is 12.1 Å². The average molecular weight is 442 g/mol. The van der Waals surface area contributed by atoms with Crippen LogP contribution in [-0.2, 0) is 4.79 Å². The largest absolute Gasteiger partial charge is 0.478 e. The topological polar surface area (TPSA) is 42.2 Å². The predicted octanol–water partition coefficient (Wildman–Crippen LogP) is 7.69. The summed E-state index contributed by atoms with van der Waals surface area (Å²) in [6.45, 7) is 3.61. The van der Waals surface area contributed by atoms with Crippen LogP contribution in [0.1, 0.15) is 22.3 Å². The minimum atomic E-state index is -1.01. The molecule has 0 saturated heterocycles. The van der Waals surface area contributed by atoms with Gasteiger partial charge in [-0.05, 0) is 46.5 Å². The molecule has 164 valence electrons. The molecule has 1 aromatic heterocycles. The monoisotopic (exact) mass is 441 g/mol. The van der Waals surface area contributed by atoms with Gasteiger partial charge < -0.3 is 9.67 Å². The van der Waals surface area contributed by atoms with Crippen LogP contribution in [-0.4, -0.2) is 15.6 Å². The summed E-state index contributed by atoms with van der Waals surface area (Å²) in [4.78, 5) is 11.1. The zero-order valence-electron chi connectivity index (χ0n) is 18.6. The lowest BCUT2D eigenvalue weighted by Crippen LogP contribution is -1.97. The van der Waals surface area contributed by atoms with Gasteiger partial charge in [0.05, 0.1) is 16.6 Å². The summed E-state index contributed by atoms with van der Waals surface area (Å²) >= 11 is 0. The van der Waals surface area contributed by atoms with Crippen LogP contribution in [0.2, 0.25) is 0 Å². The van der Waals surface area contributed by atoms with Crippen molar-refractivity contribution in [3.63, 3.8) is 0 Å². The second-order valence-corrected chi connectivity index (χ2v) is 8.13. The number of carboxylic acid groups (broad SMARTS) is 1. The Morgan fingerprint density at radius 2 is 1.29 bits per heavy atom. The normalized spacial score (nSPS) is 11.6. The molecule has 1 heterocycles. The number of para-hydroxylation sites is 1. The lowest BCUT2D eigenvalue weighted by atomic mass is 10.0. The molecule has 0 spiro atoms. The Morgan fingerprint density at radius 3 is 2.06 bits per heavy atom. The summed E-state index contributed by atoms with van der Waals surface area (Å²) in [5.41, 5.74) is 6.28. The van der Waals surface area contributed by atoms with Crippen LogP contribution in [0.15, 0.2) is 104 Å². The average Bonchev–Trinajstić information content (AvgIpc) is 3.19. The van der Waals surface area contributed by atoms with E-state index in [1.807, 2.05) is 36.4 Å². The maximum absolute atomic E-state index is 11.1. The molecule has 0 amide bonds. The van der Waals surface area contributed by atoms with E-state index in [-0.39, 0.29) is 5.57 Å². The van der Waals surface area contributed by atoms with E-state index in [0.717, 1.165) is 22.2 Å². The van der Waals surface area contributed by atoms with Gasteiger partial charge in [0.2, 0.25) is 0 Å². The van der Waals surface area contributed by atoms with Gasteiger partial charge in [0.25, 0.3) is 0 Å². The molecule has 0 aliphatic rings. The Balaban J connectivity index is 1.49. The van der Waals surface area contributed by atoms with Crippen molar-refractivity contribution in [1.29, 1.82) is 0 Å². The van der Waals surface area contributed by atoms with E-state index in [4.69, 9.17) is 5.11 Å². The molecule has 0 unspecified atom stereocenters. The molecule has 3 nitrogen and oxygen atoms in total. The summed E-state index contributed by atoms with van der Waals surface area (Å²) in [5.74, 6) is -1.01. The van der Waals surface area contributed by atoms with Crippen molar-refractivity contribution in [3.05, 3.63) is 126 Å². The van der Waals surface area contributed by atoms with Crippen molar-refractivity contribution < 1.29 is 9.90 Å². The van der Waals surface area contributed by atoms with Crippen LogP contribution in [0.4, 0.5) is 0 Å². The van der Waals surface area contributed by atoms with E-state index in [1.165, 1.54) is 16.3 Å². The fraction of sp³-hybridized carbons (Fsp3) is 0. The number of rotatable bonds is 6. The SMILES string of the molecule is C=C(C(=O)O)c1ccc(C=Cc2ccc3c(c2)c2ccccc2n3/C=C/c2ccccc2)cc1. The molecule has 0 saturated carbocycles. The van der Waals surface area contributed by atoms with Crippen molar-refractivity contribution in [2.75, 3.05) is 0 Å². The zero-order valence-corrected chi connectivity index (χ0v) is 18.6. The summed E-state index contributed by atoms with van der Waals surface area (Å²) in [7, 11) is 0. The van der Waals surface area contributed by atoms with Crippen molar-refractivity contribution in [3.8, 4) is 0 Å². The van der Waals surface area contributed by atoms with Crippen LogP contribution in [0.3, 0.4) is 0 Å². The van der Waals surface area contributed by atoms with Gasteiger partial charge in [0, 0.05) is 17.0 Å². The molecule has 0 radical (unpaired) electrons. The third-order valence-corrected chi connectivity index (χ3v) is 5.94. The second kappa shape index (κ2) is 9.08. The van der Waals surface area contributed by atoms with Gasteiger partial charge in [0.1, 0.15) is 0 Å². The van der Waals surface area contributed by atoms with E-state index in [0.29, 0.717) is 5.56 Å². The Bertz CT molecular complexity index is 1570. The molecule has 5 rings (SSSR count). The number of nitrogens with zero attached hydrogens (tertiary/aromatic N) is 1. The first-order valence-corrected chi connectivity index (χ1v) is 11.1. The summed E-state index contributed by atoms with van der Waals surface area (Å²) in [5, 5.41) is 11.5. The van der Waals surface area contributed by atoms with Gasteiger partial charge in [-0.2, -0.15) is 0 Å². The van der Waals surface area contributed by atoms with Crippen LogP contribution in [0.5, 0.6) is 0 Å². The van der Waals surface area contributed by atoms with Gasteiger partial charge >= 0.3 is 5.97 Å². The first-order chi connectivity index (χ1) is 16.6. The standard InChI is InChI=1S/C31H23NO2/c1-22(31(33)34)26-16-13-24(14-17-26)11-12-25-15-18-30-28(21-25)27-9-5-6-10-29(27)32(30)20-19-23-7-3-2-4-8-23/h2-21H,1H2,(H,33,34)/b12-11?,20-19+. The molecular formula is C31H23NO2. The Morgan fingerprint density at radius 1 is 0.676 bits per heavy atom. The highest BCUT2D eigenvalue weighted by Gasteiger charge is 2.09.